The first-order valence-corrected chi connectivity index (χ1v) is 9.44. The topological polar surface area (TPSA) is 60.5 Å². The number of methoxy groups -OCH3 is 2. The fraction of sp³-hybridized carbons (Fsp3) is 0.200. The second kappa shape index (κ2) is 7.98. The number of anilines is 1. The number of ether oxygens (including phenoxy) is 2. The molecule has 27 heavy (non-hydrogen) atoms. The van der Waals surface area contributed by atoms with Crippen molar-refractivity contribution in [3.05, 3.63) is 57.4 Å². The molecule has 0 aliphatic heterocycles. The summed E-state index contributed by atoms with van der Waals surface area (Å²) >= 11 is 7.55. The largest absolute Gasteiger partial charge is 0.493 e. The van der Waals surface area contributed by atoms with Gasteiger partial charge in [0.2, 0.25) is 0 Å². The lowest BCUT2D eigenvalue weighted by atomic mass is 10.0. The van der Waals surface area contributed by atoms with Gasteiger partial charge < -0.3 is 9.47 Å². The van der Waals surface area contributed by atoms with Crippen LogP contribution in [-0.4, -0.2) is 25.1 Å². The van der Waals surface area contributed by atoms with Crippen LogP contribution in [0.4, 0.5) is 5.13 Å². The Balaban J connectivity index is 1.83. The zero-order valence-corrected chi connectivity index (χ0v) is 17.0. The third-order valence-electron chi connectivity index (χ3n) is 4.08. The van der Waals surface area contributed by atoms with Crippen LogP contribution in [0.3, 0.4) is 0 Å². The summed E-state index contributed by atoms with van der Waals surface area (Å²) in [7, 11) is 2.99. The molecule has 5 nitrogen and oxygen atoms in total. The molecule has 0 aliphatic carbocycles. The molecule has 0 fully saturated rings. The van der Waals surface area contributed by atoms with E-state index in [0.29, 0.717) is 27.2 Å². The molecule has 1 N–H and O–H groups in total. The summed E-state index contributed by atoms with van der Waals surface area (Å²) in [5.74, 6) is 0.465. The van der Waals surface area contributed by atoms with E-state index >= 15 is 0 Å². The number of nitrogens with one attached hydrogen (secondary N) is 1. The van der Waals surface area contributed by atoms with Crippen LogP contribution < -0.4 is 14.8 Å². The Morgan fingerprint density at radius 3 is 2.59 bits per heavy atom. The van der Waals surface area contributed by atoms with Crippen LogP contribution in [0.1, 0.15) is 21.5 Å². The predicted molar refractivity (Wildman–Crippen MR) is 110 cm³/mol. The molecular formula is C20H19ClN2O3S. The smallest absolute Gasteiger partial charge is 0.257 e. The van der Waals surface area contributed by atoms with Crippen molar-refractivity contribution in [3.63, 3.8) is 0 Å². The minimum absolute atomic E-state index is 0.303. The molecule has 0 saturated carbocycles. The minimum atomic E-state index is -0.320. The molecule has 2 aromatic carbocycles. The molecule has 7 heteroatoms. The summed E-state index contributed by atoms with van der Waals surface area (Å²) in [6.45, 7) is 4.10. The molecule has 0 atom stereocenters. The lowest BCUT2D eigenvalue weighted by Gasteiger charge is -2.11. The normalized spacial score (nSPS) is 10.6. The molecule has 140 valence electrons. The van der Waals surface area contributed by atoms with E-state index in [0.717, 1.165) is 16.8 Å². The Kier molecular flexibility index (Phi) is 5.68. The van der Waals surface area contributed by atoms with Crippen molar-refractivity contribution in [1.29, 1.82) is 0 Å². The van der Waals surface area contributed by atoms with Crippen LogP contribution in [0.25, 0.3) is 11.3 Å². The average Bonchev–Trinajstić information content (AvgIpc) is 3.08. The van der Waals surface area contributed by atoms with E-state index in [9.17, 15) is 4.79 Å². The number of nitrogens with zero attached hydrogens (tertiary/aromatic N) is 1. The Labute approximate surface area is 166 Å². The molecule has 0 aliphatic rings. The standard InChI is InChI=1S/C20H19ClN2O3S/c1-11-5-6-14(12(2)7-11)16-10-27-20(22-16)23-19(24)13-8-15(21)18(26-4)17(9-13)25-3/h5-10H,1-4H3,(H,22,23,24). The number of aromatic nitrogens is 1. The maximum atomic E-state index is 12.6. The van der Waals surface area contributed by atoms with E-state index in [1.165, 1.54) is 37.2 Å². The van der Waals surface area contributed by atoms with Gasteiger partial charge in [0.1, 0.15) is 0 Å². The molecule has 0 saturated heterocycles. The van der Waals surface area contributed by atoms with Gasteiger partial charge >= 0.3 is 0 Å². The van der Waals surface area contributed by atoms with Gasteiger partial charge in [-0.1, -0.05) is 35.4 Å². The van der Waals surface area contributed by atoms with E-state index in [1.807, 2.05) is 24.4 Å². The van der Waals surface area contributed by atoms with E-state index in [4.69, 9.17) is 21.1 Å². The van der Waals surface area contributed by atoms with E-state index in [-0.39, 0.29) is 5.91 Å². The van der Waals surface area contributed by atoms with Crippen LogP contribution >= 0.6 is 22.9 Å². The monoisotopic (exact) mass is 402 g/mol. The first-order valence-electron chi connectivity index (χ1n) is 8.19. The fourth-order valence-corrected chi connectivity index (χ4v) is 3.77. The Morgan fingerprint density at radius 2 is 1.93 bits per heavy atom. The highest BCUT2D eigenvalue weighted by atomic mass is 35.5. The van der Waals surface area contributed by atoms with E-state index in [2.05, 4.69) is 23.3 Å². The van der Waals surface area contributed by atoms with Gasteiger partial charge in [0.25, 0.3) is 5.91 Å². The number of amides is 1. The van der Waals surface area contributed by atoms with Gasteiger partial charge in [-0.15, -0.1) is 11.3 Å². The van der Waals surface area contributed by atoms with Gasteiger partial charge in [-0.25, -0.2) is 4.98 Å². The van der Waals surface area contributed by atoms with Crippen molar-refractivity contribution in [2.45, 2.75) is 13.8 Å². The number of halogens is 1. The maximum Gasteiger partial charge on any atom is 0.257 e. The third-order valence-corrected chi connectivity index (χ3v) is 5.12. The highest BCUT2D eigenvalue weighted by Crippen LogP contribution is 2.36. The molecular weight excluding hydrogens is 384 g/mol. The summed E-state index contributed by atoms with van der Waals surface area (Å²) in [4.78, 5) is 17.1. The van der Waals surface area contributed by atoms with Crippen LogP contribution in [-0.2, 0) is 0 Å². The summed E-state index contributed by atoms with van der Waals surface area (Å²) in [6.07, 6.45) is 0. The number of carbonyl (C=O) groups excluding carboxylic acids is 1. The maximum absolute atomic E-state index is 12.6. The molecule has 0 unspecified atom stereocenters. The second-order valence-corrected chi connectivity index (χ2v) is 7.27. The minimum Gasteiger partial charge on any atom is -0.493 e. The Morgan fingerprint density at radius 1 is 1.15 bits per heavy atom. The van der Waals surface area contributed by atoms with Crippen molar-refractivity contribution in [2.75, 3.05) is 19.5 Å². The van der Waals surface area contributed by atoms with Crippen LogP contribution in [0.2, 0.25) is 5.02 Å². The highest BCUT2D eigenvalue weighted by Gasteiger charge is 2.17. The molecule has 3 aromatic rings. The fourth-order valence-electron chi connectivity index (χ4n) is 2.77. The van der Waals surface area contributed by atoms with Crippen molar-refractivity contribution in [3.8, 4) is 22.8 Å². The number of carbonyl (C=O) groups is 1. The first kappa shape index (κ1) is 19.2. The van der Waals surface area contributed by atoms with Crippen LogP contribution in [0.15, 0.2) is 35.7 Å². The molecule has 1 aromatic heterocycles. The summed E-state index contributed by atoms with van der Waals surface area (Å²) in [5, 5.41) is 5.55. The molecule has 0 radical (unpaired) electrons. The number of rotatable bonds is 5. The number of benzene rings is 2. The highest BCUT2D eigenvalue weighted by molar-refractivity contribution is 7.14. The SMILES string of the molecule is COc1cc(C(=O)Nc2nc(-c3ccc(C)cc3C)cs2)cc(Cl)c1OC. The van der Waals surface area contributed by atoms with Crippen molar-refractivity contribution in [2.24, 2.45) is 0 Å². The lowest BCUT2D eigenvalue weighted by molar-refractivity contribution is 0.102. The Bertz CT molecular complexity index is 1000. The summed E-state index contributed by atoms with van der Waals surface area (Å²) < 4.78 is 10.4. The average molecular weight is 403 g/mol. The predicted octanol–water partition coefficient (Wildman–Crippen LogP) is 5.35. The zero-order valence-electron chi connectivity index (χ0n) is 15.4. The van der Waals surface area contributed by atoms with Crippen LogP contribution in [0, 0.1) is 13.8 Å². The van der Waals surface area contributed by atoms with E-state index < -0.39 is 0 Å². The molecule has 1 amide bonds. The third kappa shape index (κ3) is 4.07. The molecule has 3 rings (SSSR count). The van der Waals surface area contributed by atoms with Gasteiger partial charge in [0.05, 0.1) is 24.9 Å². The second-order valence-electron chi connectivity index (χ2n) is 6.00. The Hall–Kier alpha value is -2.57. The van der Waals surface area contributed by atoms with Crippen molar-refractivity contribution < 1.29 is 14.3 Å². The summed E-state index contributed by atoms with van der Waals surface area (Å²) in [6, 6.07) is 9.32. The van der Waals surface area contributed by atoms with E-state index in [1.54, 1.807) is 6.07 Å². The number of aryl methyl sites for hydroxylation is 2. The van der Waals surface area contributed by atoms with Crippen molar-refractivity contribution in [1.82, 2.24) is 4.98 Å². The molecule has 0 bridgehead atoms. The number of hydrogen-bond donors (Lipinski definition) is 1. The van der Waals surface area contributed by atoms with Gasteiger partial charge in [0, 0.05) is 16.5 Å². The van der Waals surface area contributed by atoms with Gasteiger partial charge in [-0.2, -0.15) is 0 Å². The zero-order chi connectivity index (χ0) is 19.6. The van der Waals surface area contributed by atoms with Gasteiger partial charge in [-0.05, 0) is 31.5 Å². The van der Waals surface area contributed by atoms with Crippen LogP contribution in [0.5, 0.6) is 11.5 Å². The summed E-state index contributed by atoms with van der Waals surface area (Å²) in [5.41, 5.74) is 4.58. The lowest BCUT2D eigenvalue weighted by Crippen LogP contribution is -2.12. The number of thiazole rings is 1. The van der Waals surface area contributed by atoms with Gasteiger partial charge in [0.15, 0.2) is 16.6 Å². The van der Waals surface area contributed by atoms with Crippen molar-refractivity contribution >= 4 is 34.0 Å². The first-order chi connectivity index (χ1) is 12.9. The number of hydrogen-bond acceptors (Lipinski definition) is 5. The quantitative estimate of drug-likeness (QED) is 0.624. The molecule has 1 heterocycles. The van der Waals surface area contributed by atoms with Gasteiger partial charge in [-0.3, -0.25) is 10.1 Å². The molecule has 0 spiro atoms.